The lowest BCUT2D eigenvalue weighted by Crippen LogP contribution is -2.45. The van der Waals surface area contributed by atoms with Crippen LogP contribution in [0.2, 0.25) is 0 Å². The maximum absolute atomic E-state index is 13.5. The third-order valence-electron chi connectivity index (χ3n) is 2.59. The molecule has 0 aliphatic heterocycles. The summed E-state index contributed by atoms with van der Waals surface area (Å²) >= 11 is 0. The molecular formula is C11H17F2NO4. The maximum Gasteiger partial charge on any atom is 0.408 e. The number of carbonyl (C=O) groups is 2. The Hall–Kier alpha value is -1.40. The second kappa shape index (κ2) is 4.70. The van der Waals surface area contributed by atoms with Crippen LogP contribution in [0.5, 0.6) is 0 Å². The molecule has 18 heavy (non-hydrogen) atoms. The van der Waals surface area contributed by atoms with Crippen molar-refractivity contribution in [2.75, 3.05) is 0 Å². The first kappa shape index (κ1) is 14.7. The van der Waals surface area contributed by atoms with Gasteiger partial charge in [-0.2, -0.15) is 0 Å². The molecule has 1 rings (SSSR count). The van der Waals surface area contributed by atoms with Gasteiger partial charge < -0.3 is 15.2 Å². The summed E-state index contributed by atoms with van der Waals surface area (Å²) in [7, 11) is 0. The molecule has 0 spiro atoms. The third kappa shape index (κ3) is 3.82. The van der Waals surface area contributed by atoms with Gasteiger partial charge in [0.05, 0.1) is 12.0 Å². The zero-order chi connectivity index (χ0) is 14.1. The number of amides is 1. The lowest BCUT2D eigenvalue weighted by Gasteiger charge is -2.24. The van der Waals surface area contributed by atoms with Gasteiger partial charge >= 0.3 is 12.1 Å². The molecule has 5 nitrogen and oxygen atoms in total. The van der Waals surface area contributed by atoms with Crippen LogP contribution in [0.4, 0.5) is 13.6 Å². The van der Waals surface area contributed by atoms with Gasteiger partial charge in [0, 0.05) is 6.42 Å². The Bertz CT molecular complexity index is 351. The highest BCUT2D eigenvalue weighted by Crippen LogP contribution is 2.39. The molecule has 1 aliphatic carbocycles. The van der Waals surface area contributed by atoms with E-state index in [0.29, 0.717) is 0 Å². The highest BCUT2D eigenvalue weighted by atomic mass is 19.3. The molecule has 0 aromatic rings. The Morgan fingerprint density at radius 3 is 2.33 bits per heavy atom. The Morgan fingerprint density at radius 1 is 1.39 bits per heavy atom. The third-order valence-corrected chi connectivity index (χ3v) is 2.59. The van der Waals surface area contributed by atoms with Crippen molar-refractivity contribution >= 4 is 12.1 Å². The van der Waals surface area contributed by atoms with E-state index in [-0.39, 0.29) is 6.42 Å². The fraction of sp³-hybridized carbons (Fsp3) is 0.818. The van der Waals surface area contributed by atoms with Gasteiger partial charge in [0.15, 0.2) is 0 Å². The molecule has 104 valence electrons. The minimum atomic E-state index is -3.22. The number of carboxylic acid groups (broad SMARTS) is 1. The average Bonchev–Trinajstić information content (AvgIpc) is 2.38. The summed E-state index contributed by atoms with van der Waals surface area (Å²) in [6.07, 6.45) is -2.01. The van der Waals surface area contributed by atoms with Crippen molar-refractivity contribution in [1.29, 1.82) is 0 Å². The standard InChI is InChI=1S/C11H17F2NO4/c1-10(2,3)18-9(17)14-7-4-6(8(15)16)5-11(7,12)13/h6-7H,4-5H2,1-3H3,(H,14,17)(H,15,16)/t6-,7+/m1/s1. The van der Waals surface area contributed by atoms with E-state index in [1.54, 1.807) is 20.8 Å². The Balaban J connectivity index is 2.62. The number of alkyl carbamates (subject to hydrolysis) is 1. The normalized spacial score (nSPS) is 26.7. The highest BCUT2D eigenvalue weighted by molar-refractivity contribution is 5.72. The number of nitrogens with one attached hydrogen (secondary N) is 1. The fourth-order valence-electron chi connectivity index (χ4n) is 1.81. The van der Waals surface area contributed by atoms with Crippen molar-refractivity contribution in [2.45, 2.75) is 51.2 Å². The number of halogens is 2. The largest absolute Gasteiger partial charge is 0.481 e. The first-order valence-electron chi connectivity index (χ1n) is 5.61. The first-order valence-corrected chi connectivity index (χ1v) is 5.61. The molecular weight excluding hydrogens is 248 g/mol. The van der Waals surface area contributed by atoms with Crippen molar-refractivity contribution in [3.63, 3.8) is 0 Å². The van der Waals surface area contributed by atoms with Crippen molar-refractivity contribution < 1.29 is 28.2 Å². The predicted octanol–water partition coefficient (Wildman–Crippen LogP) is 2.01. The van der Waals surface area contributed by atoms with E-state index in [1.807, 2.05) is 5.32 Å². The molecule has 0 aromatic carbocycles. The zero-order valence-electron chi connectivity index (χ0n) is 10.5. The monoisotopic (exact) mass is 265 g/mol. The zero-order valence-corrected chi connectivity index (χ0v) is 10.5. The van der Waals surface area contributed by atoms with E-state index >= 15 is 0 Å². The van der Waals surface area contributed by atoms with Gasteiger partial charge in [0.1, 0.15) is 5.60 Å². The Morgan fingerprint density at radius 2 is 1.94 bits per heavy atom. The van der Waals surface area contributed by atoms with Crippen LogP contribution >= 0.6 is 0 Å². The molecule has 0 heterocycles. The Labute approximate surface area is 103 Å². The molecule has 0 radical (unpaired) electrons. The van der Waals surface area contributed by atoms with Crippen LogP contribution < -0.4 is 5.32 Å². The summed E-state index contributed by atoms with van der Waals surface area (Å²) in [5, 5.41) is 10.7. The van der Waals surface area contributed by atoms with Crippen LogP contribution in [0.3, 0.4) is 0 Å². The second-order valence-corrected chi connectivity index (χ2v) is 5.43. The van der Waals surface area contributed by atoms with Crippen molar-refractivity contribution in [1.82, 2.24) is 5.32 Å². The van der Waals surface area contributed by atoms with Crippen LogP contribution in [0.25, 0.3) is 0 Å². The number of hydrogen-bond acceptors (Lipinski definition) is 3. The minimum Gasteiger partial charge on any atom is -0.481 e. The molecule has 0 unspecified atom stereocenters. The molecule has 1 aliphatic rings. The fourth-order valence-corrected chi connectivity index (χ4v) is 1.81. The lowest BCUT2D eigenvalue weighted by molar-refractivity contribution is -0.142. The summed E-state index contributed by atoms with van der Waals surface area (Å²) in [5.74, 6) is -5.64. The average molecular weight is 265 g/mol. The molecule has 7 heteroatoms. The van der Waals surface area contributed by atoms with Crippen molar-refractivity contribution in [3.05, 3.63) is 0 Å². The molecule has 0 aromatic heterocycles. The van der Waals surface area contributed by atoms with E-state index in [9.17, 15) is 18.4 Å². The van der Waals surface area contributed by atoms with Crippen molar-refractivity contribution in [3.8, 4) is 0 Å². The Kier molecular flexibility index (Phi) is 3.83. The SMILES string of the molecule is CC(C)(C)OC(=O)N[C@H]1C[C@@H](C(=O)O)CC1(F)F. The molecule has 1 fully saturated rings. The number of alkyl halides is 2. The minimum absolute atomic E-state index is 0.290. The van der Waals surface area contributed by atoms with E-state index in [2.05, 4.69) is 0 Å². The van der Waals surface area contributed by atoms with Gasteiger partial charge in [-0.25, -0.2) is 13.6 Å². The summed E-state index contributed by atoms with van der Waals surface area (Å²) in [5.41, 5.74) is -0.788. The van der Waals surface area contributed by atoms with Crippen LogP contribution in [0.15, 0.2) is 0 Å². The summed E-state index contributed by atoms with van der Waals surface area (Å²) in [6.45, 7) is 4.83. The van der Waals surface area contributed by atoms with Crippen molar-refractivity contribution in [2.24, 2.45) is 5.92 Å². The summed E-state index contributed by atoms with van der Waals surface area (Å²) in [6, 6.07) is -1.49. The van der Waals surface area contributed by atoms with Gasteiger partial charge in [-0.1, -0.05) is 0 Å². The van der Waals surface area contributed by atoms with E-state index in [0.717, 1.165) is 0 Å². The van der Waals surface area contributed by atoms with Gasteiger partial charge in [-0.3, -0.25) is 4.79 Å². The predicted molar refractivity (Wildman–Crippen MR) is 58.5 cm³/mol. The number of aliphatic carboxylic acids is 1. The molecule has 0 saturated heterocycles. The number of rotatable bonds is 2. The number of carbonyl (C=O) groups excluding carboxylic acids is 1. The quantitative estimate of drug-likeness (QED) is 0.800. The highest BCUT2D eigenvalue weighted by Gasteiger charge is 2.52. The van der Waals surface area contributed by atoms with Crippen LogP contribution in [0.1, 0.15) is 33.6 Å². The van der Waals surface area contributed by atoms with E-state index in [4.69, 9.17) is 9.84 Å². The van der Waals surface area contributed by atoms with Gasteiger partial charge in [0.2, 0.25) is 0 Å². The van der Waals surface area contributed by atoms with Gasteiger partial charge in [-0.05, 0) is 27.2 Å². The van der Waals surface area contributed by atoms with Crippen LogP contribution in [-0.4, -0.2) is 34.7 Å². The lowest BCUT2D eigenvalue weighted by atomic mass is 10.1. The second-order valence-electron chi connectivity index (χ2n) is 5.43. The number of hydrogen-bond donors (Lipinski definition) is 2. The van der Waals surface area contributed by atoms with Crippen LogP contribution in [0, 0.1) is 5.92 Å². The number of ether oxygens (including phenoxy) is 1. The number of carboxylic acids is 1. The van der Waals surface area contributed by atoms with E-state index in [1.165, 1.54) is 0 Å². The molecule has 1 amide bonds. The molecule has 2 atom stereocenters. The van der Waals surface area contributed by atoms with Gasteiger partial charge in [-0.15, -0.1) is 0 Å². The van der Waals surface area contributed by atoms with Crippen LogP contribution in [-0.2, 0) is 9.53 Å². The molecule has 1 saturated carbocycles. The summed E-state index contributed by atoms with van der Waals surface area (Å²) < 4.78 is 31.8. The smallest absolute Gasteiger partial charge is 0.408 e. The molecule has 2 N–H and O–H groups in total. The first-order chi connectivity index (χ1) is 8.01. The topological polar surface area (TPSA) is 75.6 Å². The van der Waals surface area contributed by atoms with E-state index < -0.39 is 42.0 Å². The maximum atomic E-state index is 13.5. The molecule has 0 bridgehead atoms. The van der Waals surface area contributed by atoms with Gasteiger partial charge in [0.25, 0.3) is 5.92 Å². The summed E-state index contributed by atoms with van der Waals surface area (Å²) in [4.78, 5) is 22.0.